The van der Waals surface area contributed by atoms with Crippen LogP contribution in [-0.4, -0.2) is 39.7 Å². The number of carboxylic acids is 1. The minimum atomic E-state index is -1.01. The van der Waals surface area contributed by atoms with Crippen molar-refractivity contribution in [1.82, 2.24) is 14.5 Å². The zero-order valence-corrected chi connectivity index (χ0v) is 14.8. The Morgan fingerprint density at radius 3 is 2.54 bits per heavy atom. The SMILES string of the molecule is CN(C)c1ccnc2sc3c(=O)n(-c4ccc(C(=O)O)cc4)cnc3c12. The molecule has 0 atom stereocenters. The zero-order chi connectivity index (χ0) is 18.4. The van der Waals surface area contributed by atoms with Gasteiger partial charge in [0.15, 0.2) is 0 Å². The Morgan fingerprint density at radius 1 is 1.15 bits per heavy atom. The first-order chi connectivity index (χ1) is 12.5. The summed E-state index contributed by atoms with van der Waals surface area (Å²) in [6.07, 6.45) is 3.19. The third kappa shape index (κ3) is 2.42. The van der Waals surface area contributed by atoms with Gasteiger partial charge in [0.1, 0.15) is 15.9 Å². The molecule has 8 heteroatoms. The van der Waals surface area contributed by atoms with Gasteiger partial charge < -0.3 is 10.0 Å². The molecule has 26 heavy (non-hydrogen) atoms. The van der Waals surface area contributed by atoms with Crippen LogP contribution in [-0.2, 0) is 0 Å². The van der Waals surface area contributed by atoms with Crippen LogP contribution in [0.4, 0.5) is 5.69 Å². The molecular formula is C18H14N4O3S. The van der Waals surface area contributed by atoms with Crippen molar-refractivity contribution in [2.24, 2.45) is 0 Å². The quantitative estimate of drug-likeness (QED) is 0.600. The normalized spacial score (nSPS) is 11.2. The van der Waals surface area contributed by atoms with Crippen molar-refractivity contribution in [3.63, 3.8) is 0 Å². The van der Waals surface area contributed by atoms with E-state index in [0.29, 0.717) is 15.9 Å². The summed E-state index contributed by atoms with van der Waals surface area (Å²) in [5, 5.41) is 9.87. The van der Waals surface area contributed by atoms with Crippen LogP contribution in [0.2, 0.25) is 0 Å². The molecule has 0 radical (unpaired) electrons. The van der Waals surface area contributed by atoms with Crippen LogP contribution in [0.15, 0.2) is 47.7 Å². The standard InChI is InChI=1S/C18H14N4O3S/c1-21(2)12-7-8-19-16-13(12)14-15(26-16)17(23)22(9-20-14)11-5-3-10(4-6-11)18(24)25/h3-9H,1-2H3,(H,24,25). The Bertz CT molecular complexity index is 1210. The number of benzene rings is 1. The second-order valence-corrected chi connectivity index (χ2v) is 6.96. The van der Waals surface area contributed by atoms with Crippen LogP contribution in [0, 0.1) is 0 Å². The van der Waals surface area contributed by atoms with Gasteiger partial charge in [-0.05, 0) is 30.3 Å². The number of carbonyl (C=O) groups is 1. The van der Waals surface area contributed by atoms with Gasteiger partial charge in [0.25, 0.3) is 5.56 Å². The van der Waals surface area contributed by atoms with Crippen molar-refractivity contribution in [1.29, 1.82) is 0 Å². The number of thiophene rings is 1. The van der Waals surface area contributed by atoms with Crippen LogP contribution < -0.4 is 10.5 Å². The first-order valence-electron chi connectivity index (χ1n) is 7.77. The fourth-order valence-corrected chi connectivity index (χ4v) is 3.91. The lowest BCUT2D eigenvalue weighted by Gasteiger charge is -2.13. The molecule has 0 fully saturated rings. The third-order valence-electron chi connectivity index (χ3n) is 4.13. The Balaban J connectivity index is 1.96. The molecule has 0 saturated carbocycles. The van der Waals surface area contributed by atoms with E-state index in [1.165, 1.54) is 34.4 Å². The van der Waals surface area contributed by atoms with E-state index in [2.05, 4.69) is 9.97 Å². The minimum Gasteiger partial charge on any atom is -0.478 e. The summed E-state index contributed by atoms with van der Waals surface area (Å²) < 4.78 is 1.94. The number of hydrogen-bond acceptors (Lipinski definition) is 6. The number of aromatic nitrogens is 3. The lowest BCUT2D eigenvalue weighted by atomic mass is 10.2. The molecule has 3 heterocycles. The fourth-order valence-electron chi connectivity index (χ4n) is 2.86. The maximum atomic E-state index is 13.0. The summed E-state index contributed by atoms with van der Waals surface area (Å²) >= 11 is 1.31. The van der Waals surface area contributed by atoms with Crippen molar-refractivity contribution >= 4 is 43.4 Å². The van der Waals surface area contributed by atoms with Crippen LogP contribution in [0.1, 0.15) is 10.4 Å². The number of nitrogens with zero attached hydrogens (tertiary/aromatic N) is 4. The van der Waals surface area contributed by atoms with Crippen molar-refractivity contribution < 1.29 is 9.90 Å². The van der Waals surface area contributed by atoms with Gasteiger partial charge in [0.2, 0.25) is 0 Å². The predicted molar refractivity (Wildman–Crippen MR) is 102 cm³/mol. The molecule has 0 amide bonds. The van der Waals surface area contributed by atoms with Crippen molar-refractivity contribution in [2.45, 2.75) is 0 Å². The molecule has 0 aliphatic heterocycles. The van der Waals surface area contributed by atoms with Gasteiger partial charge in [-0.1, -0.05) is 0 Å². The molecule has 0 unspecified atom stereocenters. The second kappa shape index (κ2) is 5.92. The summed E-state index contributed by atoms with van der Waals surface area (Å²) in [5.41, 5.74) is 2.11. The number of rotatable bonds is 3. The highest BCUT2D eigenvalue weighted by molar-refractivity contribution is 7.25. The molecule has 7 nitrogen and oxygen atoms in total. The van der Waals surface area contributed by atoms with Crippen molar-refractivity contribution in [3.05, 3.63) is 58.8 Å². The van der Waals surface area contributed by atoms with Gasteiger partial charge in [-0.15, -0.1) is 11.3 Å². The van der Waals surface area contributed by atoms with E-state index in [-0.39, 0.29) is 11.1 Å². The van der Waals surface area contributed by atoms with E-state index >= 15 is 0 Å². The van der Waals surface area contributed by atoms with E-state index in [4.69, 9.17) is 5.11 Å². The first kappa shape index (κ1) is 16.2. The first-order valence-corrected chi connectivity index (χ1v) is 8.59. The summed E-state index contributed by atoms with van der Waals surface area (Å²) in [6.45, 7) is 0. The summed E-state index contributed by atoms with van der Waals surface area (Å²) in [4.78, 5) is 35.6. The molecular weight excluding hydrogens is 352 g/mol. The van der Waals surface area contributed by atoms with E-state index in [0.717, 1.165) is 15.9 Å². The highest BCUT2D eigenvalue weighted by atomic mass is 32.1. The monoisotopic (exact) mass is 366 g/mol. The number of aromatic carboxylic acids is 1. The molecule has 3 aromatic heterocycles. The van der Waals surface area contributed by atoms with Gasteiger partial charge in [0.05, 0.1) is 27.8 Å². The van der Waals surface area contributed by atoms with E-state index < -0.39 is 5.97 Å². The summed E-state index contributed by atoms with van der Waals surface area (Å²) in [5.74, 6) is -1.01. The van der Waals surface area contributed by atoms with Crippen LogP contribution >= 0.6 is 11.3 Å². The number of hydrogen-bond donors (Lipinski definition) is 1. The summed E-state index contributed by atoms with van der Waals surface area (Å²) in [7, 11) is 3.87. The average Bonchev–Trinajstić information content (AvgIpc) is 3.02. The molecule has 130 valence electrons. The molecule has 1 aromatic carbocycles. The fraction of sp³-hybridized carbons (Fsp3) is 0.111. The average molecular weight is 366 g/mol. The van der Waals surface area contributed by atoms with Gasteiger partial charge in [-0.2, -0.15) is 0 Å². The number of fused-ring (bicyclic) bond motifs is 3. The molecule has 4 aromatic rings. The van der Waals surface area contributed by atoms with Gasteiger partial charge in [0, 0.05) is 20.3 Å². The smallest absolute Gasteiger partial charge is 0.335 e. The van der Waals surface area contributed by atoms with E-state index in [1.54, 1.807) is 18.3 Å². The summed E-state index contributed by atoms with van der Waals surface area (Å²) in [6, 6.07) is 8.01. The third-order valence-corrected chi connectivity index (χ3v) is 5.21. The van der Waals surface area contributed by atoms with Crippen molar-refractivity contribution in [3.8, 4) is 5.69 Å². The second-order valence-electron chi connectivity index (χ2n) is 5.96. The lowest BCUT2D eigenvalue weighted by molar-refractivity contribution is 0.0697. The van der Waals surface area contributed by atoms with Crippen LogP contribution in [0.3, 0.4) is 0 Å². The predicted octanol–water partition coefficient (Wildman–Crippen LogP) is 2.76. The van der Waals surface area contributed by atoms with Crippen molar-refractivity contribution in [2.75, 3.05) is 19.0 Å². The van der Waals surface area contributed by atoms with Gasteiger partial charge >= 0.3 is 5.97 Å². The number of carboxylic acid groups (broad SMARTS) is 1. The Kier molecular flexibility index (Phi) is 3.69. The largest absolute Gasteiger partial charge is 0.478 e. The Morgan fingerprint density at radius 2 is 1.88 bits per heavy atom. The van der Waals surface area contributed by atoms with Crippen LogP contribution in [0.25, 0.3) is 26.1 Å². The van der Waals surface area contributed by atoms with E-state index in [1.807, 2.05) is 25.1 Å². The molecule has 1 N–H and O–H groups in total. The van der Waals surface area contributed by atoms with E-state index in [9.17, 15) is 9.59 Å². The molecule has 4 rings (SSSR count). The number of pyridine rings is 1. The maximum Gasteiger partial charge on any atom is 0.335 e. The minimum absolute atomic E-state index is 0.164. The Hall–Kier alpha value is -3.26. The lowest BCUT2D eigenvalue weighted by Crippen LogP contribution is -2.18. The van der Waals surface area contributed by atoms with Gasteiger partial charge in [-0.25, -0.2) is 14.8 Å². The Labute approximate surface area is 151 Å². The van der Waals surface area contributed by atoms with Crippen LogP contribution in [0.5, 0.6) is 0 Å². The molecule has 0 bridgehead atoms. The molecule has 0 saturated heterocycles. The topological polar surface area (TPSA) is 88.3 Å². The highest BCUT2D eigenvalue weighted by Crippen LogP contribution is 2.35. The molecule has 0 aliphatic rings. The molecule has 0 spiro atoms. The highest BCUT2D eigenvalue weighted by Gasteiger charge is 2.17. The number of anilines is 1. The van der Waals surface area contributed by atoms with Gasteiger partial charge in [-0.3, -0.25) is 9.36 Å². The molecule has 0 aliphatic carbocycles. The maximum absolute atomic E-state index is 13.0. The zero-order valence-electron chi connectivity index (χ0n) is 14.0.